The average Bonchev–Trinajstić information content (AvgIpc) is 2.88. The molecule has 0 spiro atoms. The van der Waals surface area contributed by atoms with Crippen molar-refractivity contribution in [1.82, 2.24) is 10.6 Å². The molecule has 0 heterocycles. The third-order valence-electron chi connectivity index (χ3n) is 5.42. The Bertz CT molecular complexity index is 1170. The lowest BCUT2D eigenvalue weighted by atomic mass is 10.0. The zero-order chi connectivity index (χ0) is 25.2. The summed E-state index contributed by atoms with van der Waals surface area (Å²) in [4.78, 5) is 36.8. The normalized spacial score (nSPS) is 11.3. The van der Waals surface area contributed by atoms with E-state index in [1.807, 2.05) is 30.3 Å². The number of ether oxygens (including phenoxy) is 2. The minimum atomic E-state index is -0.828. The molecule has 2 amide bonds. The number of nitro groups is 1. The number of methoxy groups -OCH3 is 2. The van der Waals surface area contributed by atoms with Crippen LogP contribution in [-0.4, -0.2) is 43.5 Å². The standard InChI is InChI=1S/C26H27N3O6/c1-34-23-16-20(22(29(32)33)17-24(23)35-2)13-14-27-26(31)21(15-18-9-5-3-6-10-18)28-25(30)19-11-7-4-8-12-19/h3-12,16-17,21H,13-15H2,1-2H3,(H,27,31)(H,28,30). The van der Waals surface area contributed by atoms with E-state index < -0.39 is 11.0 Å². The number of hydrogen-bond donors (Lipinski definition) is 2. The number of hydrogen-bond acceptors (Lipinski definition) is 6. The van der Waals surface area contributed by atoms with E-state index in [0.29, 0.717) is 23.3 Å². The molecule has 1 atom stereocenters. The number of rotatable bonds is 11. The van der Waals surface area contributed by atoms with Crippen LogP contribution in [0.15, 0.2) is 72.8 Å². The van der Waals surface area contributed by atoms with Crippen molar-refractivity contribution in [3.8, 4) is 11.5 Å². The minimum Gasteiger partial charge on any atom is -0.493 e. The minimum absolute atomic E-state index is 0.127. The van der Waals surface area contributed by atoms with Gasteiger partial charge in [0.05, 0.1) is 25.2 Å². The maximum absolute atomic E-state index is 13.0. The van der Waals surface area contributed by atoms with E-state index in [2.05, 4.69) is 10.6 Å². The quantitative estimate of drug-likeness (QED) is 0.323. The summed E-state index contributed by atoms with van der Waals surface area (Å²) in [6.07, 6.45) is 0.481. The Kier molecular flexibility index (Phi) is 8.77. The molecule has 182 valence electrons. The second kappa shape index (κ2) is 12.2. The van der Waals surface area contributed by atoms with Crippen molar-refractivity contribution in [1.29, 1.82) is 0 Å². The maximum atomic E-state index is 13.0. The molecular formula is C26H27N3O6. The van der Waals surface area contributed by atoms with Gasteiger partial charge in [-0.15, -0.1) is 0 Å². The highest BCUT2D eigenvalue weighted by molar-refractivity contribution is 5.97. The molecule has 0 fully saturated rings. The maximum Gasteiger partial charge on any atom is 0.276 e. The van der Waals surface area contributed by atoms with Crippen LogP contribution in [0.1, 0.15) is 21.5 Å². The molecule has 3 aromatic carbocycles. The highest BCUT2D eigenvalue weighted by atomic mass is 16.6. The summed E-state index contributed by atoms with van der Waals surface area (Å²) in [6, 6.07) is 20.0. The van der Waals surface area contributed by atoms with Gasteiger partial charge in [-0.1, -0.05) is 48.5 Å². The monoisotopic (exact) mass is 477 g/mol. The molecule has 9 nitrogen and oxygen atoms in total. The highest BCUT2D eigenvalue weighted by Crippen LogP contribution is 2.34. The van der Waals surface area contributed by atoms with Gasteiger partial charge in [0.15, 0.2) is 11.5 Å². The molecule has 9 heteroatoms. The molecule has 0 radical (unpaired) electrons. The van der Waals surface area contributed by atoms with Crippen molar-refractivity contribution >= 4 is 17.5 Å². The first-order valence-corrected chi connectivity index (χ1v) is 11.0. The number of carbonyl (C=O) groups excluding carboxylic acids is 2. The predicted octanol–water partition coefficient (Wildman–Crippen LogP) is 3.31. The van der Waals surface area contributed by atoms with Gasteiger partial charge >= 0.3 is 0 Å². The first-order valence-electron chi connectivity index (χ1n) is 11.0. The van der Waals surface area contributed by atoms with Crippen molar-refractivity contribution < 1.29 is 24.0 Å². The van der Waals surface area contributed by atoms with Gasteiger partial charge in [0.2, 0.25) is 5.91 Å². The molecule has 0 aromatic heterocycles. The van der Waals surface area contributed by atoms with Crippen LogP contribution in [0, 0.1) is 10.1 Å². The summed E-state index contributed by atoms with van der Waals surface area (Å²) in [5, 5.41) is 17.1. The van der Waals surface area contributed by atoms with Crippen molar-refractivity contribution in [2.75, 3.05) is 20.8 Å². The first kappa shape index (κ1) is 25.2. The number of amides is 2. The van der Waals surface area contributed by atoms with E-state index >= 15 is 0 Å². The van der Waals surface area contributed by atoms with Crippen molar-refractivity contribution in [2.24, 2.45) is 0 Å². The number of carbonyl (C=O) groups is 2. The Morgan fingerprint density at radius 2 is 1.54 bits per heavy atom. The van der Waals surface area contributed by atoms with Gasteiger partial charge in [0.1, 0.15) is 6.04 Å². The largest absolute Gasteiger partial charge is 0.493 e. The fourth-order valence-electron chi connectivity index (χ4n) is 3.61. The Morgan fingerprint density at radius 1 is 0.943 bits per heavy atom. The van der Waals surface area contributed by atoms with Crippen LogP contribution in [0.5, 0.6) is 11.5 Å². The number of nitro benzene ring substituents is 1. The van der Waals surface area contributed by atoms with Crippen molar-refractivity contribution in [2.45, 2.75) is 18.9 Å². The second-order valence-electron chi connectivity index (χ2n) is 7.72. The Morgan fingerprint density at radius 3 is 2.14 bits per heavy atom. The van der Waals surface area contributed by atoms with E-state index in [0.717, 1.165) is 5.56 Å². The van der Waals surface area contributed by atoms with Gasteiger partial charge in [0, 0.05) is 24.1 Å². The molecule has 2 N–H and O–H groups in total. The Hall–Kier alpha value is -4.40. The summed E-state index contributed by atoms with van der Waals surface area (Å²) in [5.41, 5.74) is 1.59. The number of benzene rings is 3. The summed E-state index contributed by atoms with van der Waals surface area (Å²) in [7, 11) is 2.84. The van der Waals surface area contributed by atoms with Gasteiger partial charge in [-0.25, -0.2) is 0 Å². The first-order chi connectivity index (χ1) is 16.9. The smallest absolute Gasteiger partial charge is 0.276 e. The highest BCUT2D eigenvalue weighted by Gasteiger charge is 2.23. The predicted molar refractivity (Wildman–Crippen MR) is 131 cm³/mol. The third-order valence-corrected chi connectivity index (χ3v) is 5.42. The van der Waals surface area contributed by atoms with Crippen LogP contribution in [0.25, 0.3) is 0 Å². The Labute approximate surface area is 203 Å². The van der Waals surface area contributed by atoms with E-state index in [1.165, 1.54) is 26.4 Å². The van der Waals surface area contributed by atoms with Gasteiger partial charge in [-0.05, 0) is 30.2 Å². The zero-order valence-corrected chi connectivity index (χ0v) is 19.5. The summed E-state index contributed by atoms with van der Waals surface area (Å²) in [5.74, 6) is -0.145. The fourth-order valence-corrected chi connectivity index (χ4v) is 3.61. The van der Waals surface area contributed by atoms with Crippen molar-refractivity contribution in [3.05, 3.63) is 99.6 Å². The molecular weight excluding hydrogens is 450 g/mol. The molecule has 0 bridgehead atoms. The molecule has 35 heavy (non-hydrogen) atoms. The van der Waals surface area contributed by atoms with Crippen LogP contribution in [0.4, 0.5) is 5.69 Å². The van der Waals surface area contributed by atoms with E-state index in [4.69, 9.17) is 9.47 Å². The van der Waals surface area contributed by atoms with Gasteiger partial charge < -0.3 is 20.1 Å². The fraction of sp³-hybridized carbons (Fsp3) is 0.231. The van der Waals surface area contributed by atoms with Gasteiger partial charge in [-0.2, -0.15) is 0 Å². The molecule has 0 aliphatic carbocycles. The number of nitrogens with zero attached hydrogens (tertiary/aromatic N) is 1. The molecule has 0 saturated heterocycles. The molecule has 0 aliphatic heterocycles. The summed E-state index contributed by atoms with van der Waals surface area (Å²) >= 11 is 0. The summed E-state index contributed by atoms with van der Waals surface area (Å²) in [6.45, 7) is 0.127. The lowest BCUT2D eigenvalue weighted by molar-refractivity contribution is -0.385. The van der Waals surface area contributed by atoms with Crippen LogP contribution in [-0.2, 0) is 17.6 Å². The molecule has 3 aromatic rings. The molecule has 0 saturated carbocycles. The SMILES string of the molecule is COc1cc(CCNC(=O)C(Cc2ccccc2)NC(=O)c2ccccc2)c([N+](=O)[O-])cc1OC. The molecule has 3 rings (SSSR count). The number of nitrogens with one attached hydrogen (secondary N) is 2. The lowest BCUT2D eigenvalue weighted by Crippen LogP contribution is -2.48. The third kappa shape index (κ3) is 6.80. The van der Waals surface area contributed by atoms with Crippen LogP contribution < -0.4 is 20.1 Å². The lowest BCUT2D eigenvalue weighted by Gasteiger charge is -2.19. The van der Waals surface area contributed by atoms with E-state index in [9.17, 15) is 19.7 Å². The van der Waals surface area contributed by atoms with Crippen LogP contribution in [0.2, 0.25) is 0 Å². The van der Waals surface area contributed by atoms with E-state index in [1.54, 1.807) is 30.3 Å². The second-order valence-corrected chi connectivity index (χ2v) is 7.72. The molecule has 0 aliphatic rings. The Balaban J connectivity index is 1.72. The average molecular weight is 478 g/mol. The van der Waals surface area contributed by atoms with E-state index in [-0.39, 0.29) is 36.2 Å². The summed E-state index contributed by atoms with van der Waals surface area (Å²) < 4.78 is 10.4. The van der Waals surface area contributed by atoms with Crippen LogP contribution >= 0.6 is 0 Å². The van der Waals surface area contributed by atoms with Crippen molar-refractivity contribution in [3.63, 3.8) is 0 Å². The zero-order valence-electron chi connectivity index (χ0n) is 19.5. The van der Waals surface area contributed by atoms with Gasteiger partial charge in [-0.3, -0.25) is 19.7 Å². The van der Waals surface area contributed by atoms with Gasteiger partial charge in [0.25, 0.3) is 11.6 Å². The topological polar surface area (TPSA) is 120 Å². The molecule has 1 unspecified atom stereocenters. The van der Waals surface area contributed by atoms with Crippen LogP contribution in [0.3, 0.4) is 0 Å².